The van der Waals surface area contributed by atoms with Gasteiger partial charge in [0.1, 0.15) is 17.9 Å². The number of hydrogen-bond acceptors (Lipinski definition) is 5. The second-order valence-electron chi connectivity index (χ2n) is 6.67. The first kappa shape index (κ1) is 18.6. The number of benzene rings is 3. The number of carbonyl (C=O) groups excluding carboxylic acids is 2. The molecule has 0 saturated carbocycles. The monoisotopic (exact) mass is 389 g/mol. The SMILES string of the molecule is COC(=O)c1ccc(NC(=O)OCC2c3ccccc3-c3ccccc32)cc1O. The van der Waals surface area contributed by atoms with Gasteiger partial charge in [0.25, 0.3) is 0 Å². The van der Waals surface area contributed by atoms with E-state index in [1.165, 1.54) is 25.3 Å². The molecule has 0 unspecified atom stereocenters. The van der Waals surface area contributed by atoms with Crippen LogP contribution in [0.3, 0.4) is 0 Å². The molecule has 29 heavy (non-hydrogen) atoms. The molecular weight excluding hydrogens is 370 g/mol. The molecule has 6 nitrogen and oxygen atoms in total. The number of amides is 1. The number of aromatic hydroxyl groups is 1. The van der Waals surface area contributed by atoms with E-state index in [4.69, 9.17) is 4.74 Å². The van der Waals surface area contributed by atoms with Crippen LogP contribution in [0, 0.1) is 0 Å². The van der Waals surface area contributed by atoms with Gasteiger partial charge >= 0.3 is 12.1 Å². The number of methoxy groups -OCH3 is 1. The van der Waals surface area contributed by atoms with Gasteiger partial charge in [-0.3, -0.25) is 5.32 Å². The summed E-state index contributed by atoms with van der Waals surface area (Å²) in [5.41, 5.74) is 4.89. The highest BCUT2D eigenvalue weighted by molar-refractivity contribution is 5.94. The molecule has 3 aromatic rings. The third-order valence-electron chi connectivity index (χ3n) is 4.99. The first-order valence-electron chi connectivity index (χ1n) is 9.12. The summed E-state index contributed by atoms with van der Waals surface area (Å²) >= 11 is 0. The van der Waals surface area contributed by atoms with Crippen molar-refractivity contribution in [3.05, 3.63) is 83.4 Å². The van der Waals surface area contributed by atoms with E-state index in [1.807, 2.05) is 36.4 Å². The predicted octanol–water partition coefficient (Wildman–Crippen LogP) is 4.54. The van der Waals surface area contributed by atoms with E-state index in [0.717, 1.165) is 22.3 Å². The van der Waals surface area contributed by atoms with Gasteiger partial charge in [-0.2, -0.15) is 0 Å². The minimum Gasteiger partial charge on any atom is -0.507 e. The smallest absolute Gasteiger partial charge is 0.411 e. The van der Waals surface area contributed by atoms with Crippen LogP contribution in [-0.2, 0) is 9.47 Å². The number of phenols is 1. The van der Waals surface area contributed by atoms with Crippen molar-refractivity contribution in [2.75, 3.05) is 19.0 Å². The van der Waals surface area contributed by atoms with E-state index in [0.29, 0.717) is 5.69 Å². The van der Waals surface area contributed by atoms with Crippen LogP contribution in [0.4, 0.5) is 10.5 Å². The number of anilines is 1. The van der Waals surface area contributed by atoms with Gasteiger partial charge in [0.2, 0.25) is 0 Å². The van der Waals surface area contributed by atoms with Crippen molar-refractivity contribution in [2.45, 2.75) is 5.92 Å². The molecule has 0 saturated heterocycles. The number of hydrogen-bond donors (Lipinski definition) is 2. The lowest BCUT2D eigenvalue weighted by molar-refractivity contribution is 0.0597. The van der Waals surface area contributed by atoms with Gasteiger partial charge in [-0.15, -0.1) is 0 Å². The summed E-state index contributed by atoms with van der Waals surface area (Å²) in [6.07, 6.45) is -0.642. The molecule has 0 fully saturated rings. The van der Waals surface area contributed by atoms with Gasteiger partial charge in [-0.1, -0.05) is 48.5 Å². The lowest BCUT2D eigenvalue weighted by Crippen LogP contribution is -2.18. The first-order chi connectivity index (χ1) is 14.1. The van der Waals surface area contributed by atoms with Crippen LogP contribution in [0.1, 0.15) is 27.4 Å². The van der Waals surface area contributed by atoms with E-state index < -0.39 is 12.1 Å². The molecular formula is C23H19NO5. The molecule has 0 radical (unpaired) electrons. The molecule has 0 spiro atoms. The third kappa shape index (κ3) is 3.52. The predicted molar refractivity (Wildman–Crippen MR) is 108 cm³/mol. The fourth-order valence-electron chi connectivity index (χ4n) is 3.64. The van der Waals surface area contributed by atoms with Crippen LogP contribution in [0.2, 0.25) is 0 Å². The maximum absolute atomic E-state index is 12.3. The highest BCUT2D eigenvalue weighted by Gasteiger charge is 2.29. The number of rotatable bonds is 4. The van der Waals surface area contributed by atoms with Crippen LogP contribution in [-0.4, -0.2) is 30.9 Å². The van der Waals surface area contributed by atoms with Crippen LogP contribution in [0.25, 0.3) is 11.1 Å². The zero-order chi connectivity index (χ0) is 20.4. The molecule has 3 aromatic carbocycles. The zero-order valence-electron chi connectivity index (χ0n) is 15.7. The summed E-state index contributed by atoms with van der Waals surface area (Å²) in [5, 5.41) is 12.5. The highest BCUT2D eigenvalue weighted by Crippen LogP contribution is 2.44. The summed E-state index contributed by atoms with van der Waals surface area (Å²) < 4.78 is 10.0. The molecule has 0 aliphatic heterocycles. The number of esters is 1. The minimum absolute atomic E-state index is 0.0191. The summed E-state index contributed by atoms with van der Waals surface area (Å²) in [4.78, 5) is 23.8. The quantitative estimate of drug-likeness (QED) is 0.640. The molecule has 1 aliphatic rings. The molecule has 1 amide bonds. The van der Waals surface area contributed by atoms with Crippen molar-refractivity contribution in [1.29, 1.82) is 0 Å². The van der Waals surface area contributed by atoms with Gasteiger partial charge in [-0.25, -0.2) is 9.59 Å². The van der Waals surface area contributed by atoms with E-state index in [1.54, 1.807) is 0 Å². The van der Waals surface area contributed by atoms with E-state index in [9.17, 15) is 14.7 Å². The second kappa shape index (κ2) is 7.67. The summed E-state index contributed by atoms with van der Waals surface area (Å²) in [7, 11) is 1.23. The molecule has 4 rings (SSSR count). The highest BCUT2D eigenvalue weighted by atomic mass is 16.5. The largest absolute Gasteiger partial charge is 0.507 e. The molecule has 1 aliphatic carbocycles. The average Bonchev–Trinajstić information content (AvgIpc) is 3.06. The lowest BCUT2D eigenvalue weighted by atomic mass is 9.98. The molecule has 0 aromatic heterocycles. The van der Waals surface area contributed by atoms with Crippen molar-refractivity contribution >= 4 is 17.7 Å². The Hall–Kier alpha value is -3.80. The topological polar surface area (TPSA) is 84.9 Å². The number of carbonyl (C=O) groups is 2. The fourth-order valence-corrected chi connectivity index (χ4v) is 3.64. The first-order valence-corrected chi connectivity index (χ1v) is 9.12. The fraction of sp³-hybridized carbons (Fsp3) is 0.130. The third-order valence-corrected chi connectivity index (χ3v) is 4.99. The van der Waals surface area contributed by atoms with Crippen molar-refractivity contribution in [3.63, 3.8) is 0 Å². The average molecular weight is 389 g/mol. The second-order valence-corrected chi connectivity index (χ2v) is 6.67. The zero-order valence-corrected chi connectivity index (χ0v) is 15.7. The Morgan fingerprint density at radius 1 is 0.966 bits per heavy atom. The Morgan fingerprint density at radius 3 is 2.17 bits per heavy atom. The lowest BCUT2D eigenvalue weighted by Gasteiger charge is -2.15. The normalized spacial score (nSPS) is 12.0. The molecule has 146 valence electrons. The molecule has 0 heterocycles. The number of fused-ring (bicyclic) bond motifs is 3. The maximum atomic E-state index is 12.3. The maximum Gasteiger partial charge on any atom is 0.411 e. The summed E-state index contributed by atoms with van der Waals surface area (Å²) in [6.45, 7) is 0.187. The van der Waals surface area contributed by atoms with Gasteiger partial charge in [0.05, 0.1) is 7.11 Å². The van der Waals surface area contributed by atoms with Gasteiger partial charge in [-0.05, 0) is 34.4 Å². The standard InChI is InChI=1S/C23H19NO5/c1-28-22(26)19-11-10-14(12-21(19)25)24-23(27)29-13-20-17-8-4-2-6-15(17)16-7-3-5-9-18(16)20/h2-12,20,25H,13H2,1H3,(H,24,27). The number of ether oxygens (including phenoxy) is 2. The van der Waals surface area contributed by atoms with Crippen molar-refractivity contribution in [3.8, 4) is 16.9 Å². The van der Waals surface area contributed by atoms with Crippen LogP contribution >= 0.6 is 0 Å². The van der Waals surface area contributed by atoms with Crippen LogP contribution in [0.15, 0.2) is 66.7 Å². The van der Waals surface area contributed by atoms with Crippen molar-refractivity contribution < 1.29 is 24.2 Å². The van der Waals surface area contributed by atoms with Gasteiger partial charge in [0, 0.05) is 17.7 Å². The number of nitrogens with one attached hydrogen (secondary N) is 1. The summed E-state index contributed by atoms with van der Waals surface area (Å²) in [6, 6.07) is 20.3. The Morgan fingerprint density at radius 2 is 1.59 bits per heavy atom. The Balaban J connectivity index is 1.45. The Labute approximate surface area is 167 Å². The molecule has 2 N–H and O–H groups in total. The van der Waals surface area contributed by atoms with Crippen molar-refractivity contribution in [1.82, 2.24) is 0 Å². The molecule has 0 atom stereocenters. The van der Waals surface area contributed by atoms with E-state index in [2.05, 4.69) is 22.2 Å². The molecule has 6 heteroatoms. The van der Waals surface area contributed by atoms with E-state index >= 15 is 0 Å². The van der Waals surface area contributed by atoms with Gasteiger partial charge < -0.3 is 14.6 Å². The number of phenolic OH excluding ortho intramolecular Hbond substituents is 1. The van der Waals surface area contributed by atoms with Crippen molar-refractivity contribution in [2.24, 2.45) is 0 Å². The van der Waals surface area contributed by atoms with Crippen LogP contribution in [0.5, 0.6) is 5.75 Å². The molecule has 0 bridgehead atoms. The van der Waals surface area contributed by atoms with E-state index in [-0.39, 0.29) is 23.8 Å². The Kier molecular flexibility index (Phi) is 4.91. The minimum atomic E-state index is -0.657. The Bertz CT molecular complexity index is 1050. The van der Waals surface area contributed by atoms with Gasteiger partial charge in [0.15, 0.2) is 0 Å². The summed E-state index contributed by atoms with van der Waals surface area (Å²) in [5.74, 6) is -0.980. The van der Waals surface area contributed by atoms with Crippen LogP contribution < -0.4 is 5.32 Å².